The molecule has 30 heavy (non-hydrogen) atoms. The Labute approximate surface area is 178 Å². The molecule has 4 rings (SSSR count). The number of para-hydroxylation sites is 2. The van der Waals surface area contributed by atoms with E-state index in [1.165, 1.54) is 27.5 Å². The molecule has 0 unspecified atom stereocenters. The Morgan fingerprint density at radius 3 is 2.33 bits per heavy atom. The lowest BCUT2D eigenvalue weighted by atomic mass is 9.90. The molecule has 4 aromatic rings. The first-order valence-electron chi connectivity index (χ1n) is 10.8. The van der Waals surface area contributed by atoms with Gasteiger partial charge in [-0.25, -0.2) is 0 Å². The van der Waals surface area contributed by atoms with Gasteiger partial charge in [0.2, 0.25) is 0 Å². The van der Waals surface area contributed by atoms with E-state index in [1.54, 1.807) is 4.57 Å². The summed E-state index contributed by atoms with van der Waals surface area (Å²) < 4.78 is 1.76. The van der Waals surface area contributed by atoms with Gasteiger partial charge in [0.1, 0.15) is 0 Å². The zero-order valence-corrected chi connectivity index (χ0v) is 18.8. The summed E-state index contributed by atoms with van der Waals surface area (Å²) in [4.78, 5) is 17.8. The van der Waals surface area contributed by atoms with Crippen LogP contribution in [0, 0.1) is 20.8 Å². The molecule has 0 bridgehead atoms. The number of rotatable bonds is 4. The van der Waals surface area contributed by atoms with Crippen molar-refractivity contribution in [2.45, 2.75) is 53.4 Å². The topological polar surface area (TPSA) is 34.9 Å². The Hall–Kier alpha value is -2.94. The van der Waals surface area contributed by atoms with Crippen LogP contribution in [0.25, 0.3) is 21.8 Å². The summed E-state index contributed by atoms with van der Waals surface area (Å²) >= 11 is 0. The number of fused-ring (bicyclic) bond motifs is 2. The number of nitrogens with zero attached hydrogens (tertiary/aromatic N) is 2. The number of pyridine rings is 2. The van der Waals surface area contributed by atoms with Gasteiger partial charge >= 0.3 is 0 Å². The van der Waals surface area contributed by atoms with E-state index in [0.29, 0.717) is 5.92 Å². The molecule has 0 aliphatic rings. The maximum Gasteiger partial charge on any atom is 0.253 e. The Balaban J connectivity index is 1.84. The fourth-order valence-electron chi connectivity index (χ4n) is 4.83. The van der Waals surface area contributed by atoms with E-state index in [0.717, 1.165) is 40.7 Å². The predicted molar refractivity (Wildman–Crippen MR) is 127 cm³/mol. The molecule has 0 aliphatic heterocycles. The molecule has 154 valence electrons. The number of hydrogen-bond acceptors (Lipinski definition) is 2. The molecule has 2 heterocycles. The van der Waals surface area contributed by atoms with Crippen LogP contribution in [-0.2, 0) is 19.9 Å². The molecule has 3 nitrogen and oxygen atoms in total. The van der Waals surface area contributed by atoms with Gasteiger partial charge < -0.3 is 4.57 Å². The van der Waals surface area contributed by atoms with Gasteiger partial charge in [0.15, 0.2) is 0 Å². The smallest absolute Gasteiger partial charge is 0.253 e. The highest BCUT2D eigenvalue weighted by atomic mass is 16.1. The fraction of sp³-hybridized carbons (Fsp3) is 0.333. The van der Waals surface area contributed by atoms with Crippen molar-refractivity contribution in [2.24, 2.45) is 7.05 Å². The quantitative estimate of drug-likeness (QED) is 0.428. The molecule has 3 heteroatoms. The number of hydrogen-bond donors (Lipinski definition) is 0. The first-order valence-corrected chi connectivity index (χ1v) is 10.8. The third-order valence-electron chi connectivity index (χ3n) is 6.53. The Kier molecular flexibility index (Phi) is 5.23. The van der Waals surface area contributed by atoms with Crippen molar-refractivity contribution in [1.82, 2.24) is 9.55 Å². The van der Waals surface area contributed by atoms with Gasteiger partial charge in [-0.2, -0.15) is 0 Å². The normalized spacial score (nSPS) is 11.7. The van der Waals surface area contributed by atoms with Crippen LogP contribution in [0.1, 0.15) is 53.3 Å². The van der Waals surface area contributed by atoms with Crippen LogP contribution in [0.4, 0.5) is 0 Å². The third-order valence-corrected chi connectivity index (χ3v) is 6.53. The number of benzene rings is 2. The minimum absolute atomic E-state index is 0.0910. The van der Waals surface area contributed by atoms with Gasteiger partial charge in [0.05, 0.1) is 11.0 Å². The highest BCUT2D eigenvalue weighted by molar-refractivity contribution is 5.87. The highest BCUT2D eigenvalue weighted by Gasteiger charge is 2.16. The summed E-state index contributed by atoms with van der Waals surface area (Å²) in [6.45, 7) is 10.7. The molecule has 0 amide bonds. The molecule has 0 N–H and O–H groups in total. The minimum atomic E-state index is 0.0910. The Bertz CT molecular complexity index is 1330. The summed E-state index contributed by atoms with van der Waals surface area (Å²) in [7, 11) is 1.86. The van der Waals surface area contributed by atoms with Crippen molar-refractivity contribution in [3.8, 4) is 0 Å². The van der Waals surface area contributed by atoms with Gasteiger partial charge in [-0.1, -0.05) is 50.2 Å². The van der Waals surface area contributed by atoms with E-state index in [2.05, 4.69) is 58.0 Å². The van der Waals surface area contributed by atoms with Crippen LogP contribution < -0.4 is 5.56 Å². The summed E-state index contributed by atoms with van der Waals surface area (Å²) in [6, 6.07) is 14.7. The Morgan fingerprint density at radius 2 is 1.60 bits per heavy atom. The molecule has 2 aromatic carbocycles. The van der Waals surface area contributed by atoms with Crippen LogP contribution in [0.3, 0.4) is 0 Å². The first kappa shape index (κ1) is 20.3. The molecule has 0 saturated heterocycles. The van der Waals surface area contributed by atoms with Gasteiger partial charge in [-0.05, 0) is 67.9 Å². The average Bonchev–Trinajstić information content (AvgIpc) is 2.73. The third kappa shape index (κ3) is 3.23. The molecule has 2 aromatic heterocycles. The SMILES string of the molecule is Cc1nc2c(CCc3c(C)c(=O)n(C)c4ccccc34)cccc2c(C(C)C)c1C. The minimum Gasteiger partial charge on any atom is -0.311 e. The molecular weight excluding hydrogens is 368 g/mol. The molecule has 0 saturated carbocycles. The monoisotopic (exact) mass is 398 g/mol. The number of aryl methyl sites for hydroxylation is 4. The van der Waals surface area contributed by atoms with Crippen molar-refractivity contribution in [3.05, 3.63) is 86.3 Å². The average molecular weight is 399 g/mol. The number of aromatic nitrogens is 2. The Morgan fingerprint density at radius 1 is 0.900 bits per heavy atom. The second-order valence-electron chi connectivity index (χ2n) is 8.69. The van der Waals surface area contributed by atoms with Crippen molar-refractivity contribution >= 4 is 21.8 Å². The molecular formula is C27H30N2O. The van der Waals surface area contributed by atoms with Crippen LogP contribution in [0.15, 0.2) is 47.3 Å². The van der Waals surface area contributed by atoms with Gasteiger partial charge in [-0.15, -0.1) is 0 Å². The first-order chi connectivity index (χ1) is 14.3. The summed E-state index contributed by atoms with van der Waals surface area (Å²) in [5.41, 5.74) is 9.24. The summed E-state index contributed by atoms with van der Waals surface area (Å²) in [6.07, 6.45) is 1.69. The second kappa shape index (κ2) is 7.71. The highest BCUT2D eigenvalue weighted by Crippen LogP contribution is 2.31. The lowest BCUT2D eigenvalue weighted by Gasteiger charge is -2.18. The largest absolute Gasteiger partial charge is 0.311 e. The van der Waals surface area contributed by atoms with E-state index in [1.807, 2.05) is 26.1 Å². The van der Waals surface area contributed by atoms with Crippen LogP contribution in [0.2, 0.25) is 0 Å². The van der Waals surface area contributed by atoms with E-state index >= 15 is 0 Å². The standard InChI is InChI=1S/C27H30N2O/c1-16(2)25-17(3)19(5)28-26-20(10-9-12-23(25)26)14-15-21-18(4)27(30)29(6)24-13-8-7-11-22(21)24/h7-13,16H,14-15H2,1-6H3. The fourth-order valence-corrected chi connectivity index (χ4v) is 4.83. The van der Waals surface area contributed by atoms with Gasteiger partial charge in [-0.3, -0.25) is 9.78 Å². The van der Waals surface area contributed by atoms with E-state index in [4.69, 9.17) is 4.98 Å². The van der Waals surface area contributed by atoms with Crippen LogP contribution in [0.5, 0.6) is 0 Å². The summed E-state index contributed by atoms with van der Waals surface area (Å²) in [5.74, 6) is 0.452. The molecule has 0 radical (unpaired) electrons. The molecule has 0 atom stereocenters. The molecule has 0 fully saturated rings. The van der Waals surface area contributed by atoms with Crippen LogP contribution >= 0.6 is 0 Å². The van der Waals surface area contributed by atoms with E-state index < -0.39 is 0 Å². The van der Waals surface area contributed by atoms with E-state index in [9.17, 15) is 4.79 Å². The van der Waals surface area contributed by atoms with Crippen molar-refractivity contribution in [3.63, 3.8) is 0 Å². The van der Waals surface area contributed by atoms with E-state index in [-0.39, 0.29) is 5.56 Å². The van der Waals surface area contributed by atoms with Crippen LogP contribution in [-0.4, -0.2) is 9.55 Å². The second-order valence-corrected chi connectivity index (χ2v) is 8.69. The summed E-state index contributed by atoms with van der Waals surface area (Å²) in [5, 5.41) is 2.43. The van der Waals surface area contributed by atoms with Gasteiger partial charge in [0, 0.05) is 29.1 Å². The lowest BCUT2D eigenvalue weighted by Crippen LogP contribution is -2.22. The maximum atomic E-state index is 12.8. The maximum absolute atomic E-state index is 12.8. The predicted octanol–water partition coefficient (Wildman–Crippen LogP) is 5.92. The molecule has 0 spiro atoms. The zero-order valence-electron chi connectivity index (χ0n) is 18.8. The molecule has 0 aliphatic carbocycles. The lowest BCUT2D eigenvalue weighted by molar-refractivity contribution is 0.857. The zero-order chi connectivity index (χ0) is 21.6. The van der Waals surface area contributed by atoms with Crippen molar-refractivity contribution < 1.29 is 0 Å². The van der Waals surface area contributed by atoms with Crippen molar-refractivity contribution in [2.75, 3.05) is 0 Å². The van der Waals surface area contributed by atoms with Gasteiger partial charge in [0.25, 0.3) is 5.56 Å². The van der Waals surface area contributed by atoms with Crippen molar-refractivity contribution in [1.29, 1.82) is 0 Å².